The molecule has 0 aromatic heterocycles. The molecule has 178 valence electrons. The van der Waals surface area contributed by atoms with Crippen LogP contribution < -0.4 is 36.9 Å². The van der Waals surface area contributed by atoms with Crippen LogP contribution in [-0.2, 0) is 4.57 Å². The Morgan fingerprint density at radius 1 is 0.472 bits per heavy atom. The average molecular weight is 493 g/mol. The van der Waals surface area contributed by atoms with E-state index < -0.39 is 7.14 Å². The third kappa shape index (κ3) is 4.70. The van der Waals surface area contributed by atoms with Crippen molar-refractivity contribution in [2.45, 2.75) is 0 Å². The molecule has 0 fully saturated rings. The highest BCUT2D eigenvalue weighted by molar-refractivity contribution is 7.85. The second-order valence-corrected chi connectivity index (χ2v) is 10.9. The summed E-state index contributed by atoms with van der Waals surface area (Å²) in [5.74, 6) is 2.19. The zero-order valence-corrected chi connectivity index (χ0v) is 20.3. The fourth-order valence-corrected chi connectivity index (χ4v) is 6.84. The molecule has 6 heteroatoms. The summed E-state index contributed by atoms with van der Waals surface area (Å²) in [7, 11) is -3.44. The molecule has 0 saturated heterocycles. The van der Waals surface area contributed by atoms with E-state index in [-0.39, 0.29) is 0 Å². The minimum absolute atomic E-state index is 0.497. The van der Waals surface area contributed by atoms with E-state index in [0.29, 0.717) is 50.3 Å². The topological polar surface area (TPSA) is 87.6 Å². The van der Waals surface area contributed by atoms with Crippen LogP contribution in [0.1, 0.15) is 0 Å². The molecule has 0 aliphatic rings. The Labute approximate surface area is 210 Å². The van der Waals surface area contributed by atoms with Crippen molar-refractivity contribution in [3.05, 3.63) is 127 Å². The molecule has 36 heavy (non-hydrogen) atoms. The summed E-state index contributed by atoms with van der Waals surface area (Å²) >= 11 is 0. The third-order valence-corrected chi connectivity index (χ3v) is 8.87. The van der Waals surface area contributed by atoms with Gasteiger partial charge in [0, 0.05) is 16.7 Å². The van der Waals surface area contributed by atoms with Crippen molar-refractivity contribution in [2.75, 3.05) is 11.5 Å². The molecule has 0 aliphatic heterocycles. The van der Waals surface area contributed by atoms with E-state index in [0.717, 1.165) is 0 Å². The summed E-state index contributed by atoms with van der Waals surface area (Å²) in [6, 6.07) is 38.5. The number of hydrogen-bond donors (Lipinski definition) is 2. The van der Waals surface area contributed by atoms with Crippen molar-refractivity contribution in [2.24, 2.45) is 0 Å². The van der Waals surface area contributed by atoms with Gasteiger partial charge in [-0.3, -0.25) is 0 Å². The molecule has 5 aromatic carbocycles. The van der Waals surface area contributed by atoms with E-state index in [9.17, 15) is 0 Å². The van der Waals surface area contributed by atoms with Crippen LogP contribution in [0.5, 0.6) is 23.0 Å². The van der Waals surface area contributed by atoms with Crippen molar-refractivity contribution in [1.82, 2.24) is 0 Å². The summed E-state index contributed by atoms with van der Waals surface area (Å²) < 4.78 is 27.8. The smallest absolute Gasteiger partial charge is 0.178 e. The first kappa shape index (κ1) is 23.3. The van der Waals surface area contributed by atoms with Gasteiger partial charge >= 0.3 is 0 Å². The second kappa shape index (κ2) is 10.0. The zero-order valence-electron chi connectivity index (χ0n) is 19.5. The molecule has 5 rings (SSSR count). The van der Waals surface area contributed by atoms with Crippen molar-refractivity contribution < 1.29 is 14.0 Å². The lowest BCUT2D eigenvalue weighted by atomic mass is 10.3. The minimum atomic E-state index is -3.44. The first-order chi connectivity index (χ1) is 17.5. The summed E-state index contributed by atoms with van der Waals surface area (Å²) in [5.41, 5.74) is 13.0. The molecule has 0 spiro atoms. The maximum absolute atomic E-state index is 15.3. The Hall–Kier alpha value is -4.47. The van der Waals surface area contributed by atoms with Gasteiger partial charge < -0.3 is 25.5 Å². The molecule has 0 atom stereocenters. The lowest BCUT2D eigenvalue weighted by molar-refractivity contribution is 0.484. The molecule has 0 amide bonds. The second-order valence-electron chi connectivity index (χ2n) is 8.22. The average Bonchev–Trinajstić information content (AvgIpc) is 2.92. The normalized spacial score (nSPS) is 11.1. The monoisotopic (exact) mass is 492 g/mol. The van der Waals surface area contributed by atoms with E-state index in [1.807, 2.05) is 78.9 Å². The van der Waals surface area contributed by atoms with E-state index >= 15 is 4.57 Å². The Morgan fingerprint density at radius 3 is 1.31 bits per heavy atom. The lowest BCUT2D eigenvalue weighted by Gasteiger charge is -2.24. The number of hydrogen-bond acceptors (Lipinski definition) is 5. The van der Waals surface area contributed by atoms with Crippen LogP contribution in [0.4, 0.5) is 11.4 Å². The molecule has 0 bridgehead atoms. The third-order valence-electron chi connectivity index (χ3n) is 5.74. The maximum Gasteiger partial charge on any atom is 0.178 e. The Balaban J connectivity index is 1.68. The first-order valence-corrected chi connectivity index (χ1v) is 13.2. The van der Waals surface area contributed by atoms with E-state index in [1.165, 1.54) is 0 Å². The molecule has 0 aliphatic carbocycles. The predicted octanol–water partition coefficient (Wildman–Crippen LogP) is 6.08. The SMILES string of the molecule is Nc1ccc(Oc2ccccc2P(=O)(c2ccccc2)c2ccccc2Oc2ccc(N)cc2)cc1. The van der Waals surface area contributed by atoms with Crippen LogP contribution in [0.25, 0.3) is 0 Å². The molecule has 5 aromatic rings. The molecule has 4 N–H and O–H groups in total. The highest BCUT2D eigenvalue weighted by Crippen LogP contribution is 2.48. The molecular weight excluding hydrogens is 467 g/mol. The van der Waals surface area contributed by atoms with Gasteiger partial charge in [-0.05, 0) is 72.8 Å². The fraction of sp³-hybridized carbons (Fsp3) is 0. The van der Waals surface area contributed by atoms with Gasteiger partial charge in [0.05, 0.1) is 10.6 Å². The summed E-state index contributed by atoms with van der Waals surface area (Å²) in [6.45, 7) is 0. The van der Waals surface area contributed by atoms with Gasteiger partial charge in [-0.2, -0.15) is 0 Å². The van der Waals surface area contributed by atoms with E-state index in [4.69, 9.17) is 20.9 Å². The summed E-state index contributed by atoms with van der Waals surface area (Å²) in [4.78, 5) is 0. The molecule has 5 nitrogen and oxygen atoms in total. The maximum atomic E-state index is 15.3. The van der Waals surface area contributed by atoms with Gasteiger partial charge in [-0.1, -0.05) is 54.6 Å². The lowest BCUT2D eigenvalue weighted by Crippen LogP contribution is -2.27. The molecule has 0 unspecified atom stereocenters. The summed E-state index contributed by atoms with van der Waals surface area (Å²) in [6.07, 6.45) is 0. The number of anilines is 2. The van der Waals surface area contributed by atoms with Gasteiger partial charge in [0.15, 0.2) is 7.14 Å². The van der Waals surface area contributed by atoms with Crippen LogP contribution in [0.15, 0.2) is 127 Å². The highest BCUT2D eigenvalue weighted by Gasteiger charge is 2.35. The molecule has 0 heterocycles. The summed E-state index contributed by atoms with van der Waals surface area (Å²) in [5, 5.41) is 1.81. The minimum Gasteiger partial charge on any atom is -0.457 e. The standard InChI is InChI=1S/C30H25N2O3P/c31-22-14-18-24(19-15-22)34-27-10-4-6-12-29(27)36(33,26-8-2-1-3-9-26)30-13-7-5-11-28(30)35-25-20-16-23(32)17-21-25/h1-21H,31-32H2. The Morgan fingerprint density at radius 2 is 0.861 bits per heavy atom. The number of rotatable bonds is 7. The Kier molecular flexibility index (Phi) is 6.48. The van der Waals surface area contributed by atoms with Crippen molar-refractivity contribution in [3.8, 4) is 23.0 Å². The number of benzene rings is 5. The number of ether oxygens (including phenoxy) is 2. The molecule has 0 saturated carbocycles. The first-order valence-electron chi connectivity index (χ1n) is 11.5. The van der Waals surface area contributed by atoms with Gasteiger partial charge in [0.1, 0.15) is 23.0 Å². The molecule has 0 radical (unpaired) electrons. The van der Waals surface area contributed by atoms with Gasteiger partial charge in [-0.15, -0.1) is 0 Å². The largest absolute Gasteiger partial charge is 0.457 e. The molecular formula is C30H25N2O3P. The van der Waals surface area contributed by atoms with Crippen LogP contribution in [0.2, 0.25) is 0 Å². The van der Waals surface area contributed by atoms with Crippen LogP contribution in [0.3, 0.4) is 0 Å². The van der Waals surface area contributed by atoms with E-state index in [2.05, 4.69) is 0 Å². The highest BCUT2D eigenvalue weighted by atomic mass is 31.2. The quantitative estimate of drug-likeness (QED) is 0.213. The zero-order chi connectivity index (χ0) is 25.0. The van der Waals surface area contributed by atoms with Crippen LogP contribution >= 0.6 is 7.14 Å². The van der Waals surface area contributed by atoms with Crippen molar-refractivity contribution in [3.63, 3.8) is 0 Å². The van der Waals surface area contributed by atoms with Crippen molar-refractivity contribution in [1.29, 1.82) is 0 Å². The van der Waals surface area contributed by atoms with Gasteiger partial charge in [0.25, 0.3) is 0 Å². The van der Waals surface area contributed by atoms with Gasteiger partial charge in [0.2, 0.25) is 0 Å². The predicted molar refractivity (Wildman–Crippen MR) is 148 cm³/mol. The number of nitrogen functional groups attached to an aromatic ring is 2. The fourth-order valence-electron chi connectivity index (χ4n) is 3.98. The number of nitrogens with two attached hydrogens (primary N) is 2. The van der Waals surface area contributed by atoms with Crippen LogP contribution in [-0.4, -0.2) is 0 Å². The van der Waals surface area contributed by atoms with Crippen LogP contribution in [0, 0.1) is 0 Å². The van der Waals surface area contributed by atoms with E-state index in [1.54, 1.807) is 48.5 Å². The number of para-hydroxylation sites is 2. The van der Waals surface area contributed by atoms with Gasteiger partial charge in [-0.25, -0.2) is 0 Å². The van der Waals surface area contributed by atoms with Crippen molar-refractivity contribution >= 4 is 34.4 Å². The Bertz CT molecular complexity index is 1420.